The standard InChI is InChI=1S/C16H20O3/c1-9-6-10(2)13-7-12(8-17)16(5-4-14(16)18)19-15(13)11(9)3/h6-7,14,17-18H,4-5,8H2,1-3H3. The number of benzene rings is 1. The van der Waals surface area contributed by atoms with E-state index in [-0.39, 0.29) is 6.61 Å². The van der Waals surface area contributed by atoms with E-state index in [0.29, 0.717) is 0 Å². The van der Waals surface area contributed by atoms with Crippen molar-refractivity contribution in [2.24, 2.45) is 0 Å². The van der Waals surface area contributed by atoms with Crippen molar-refractivity contribution in [3.05, 3.63) is 33.9 Å². The van der Waals surface area contributed by atoms with Gasteiger partial charge in [0.2, 0.25) is 0 Å². The van der Waals surface area contributed by atoms with Crippen molar-refractivity contribution in [3.63, 3.8) is 0 Å². The molecule has 1 aliphatic carbocycles. The van der Waals surface area contributed by atoms with Crippen molar-refractivity contribution >= 4 is 6.08 Å². The van der Waals surface area contributed by atoms with Crippen molar-refractivity contribution in [2.45, 2.75) is 45.3 Å². The van der Waals surface area contributed by atoms with Crippen LogP contribution in [0.15, 0.2) is 11.6 Å². The summed E-state index contributed by atoms with van der Waals surface area (Å²) in [6.07, 6.45) is 2.99. The lowest BCUT2D eigenvalue weighted by atomic mass is 9.70. The molecule has 3 nitrogen and oxygen atoms in total. The maximum absolute atomic E-state index is 10.1. The summed E-state index contributed by atoms with van der Waals surface area (Å²) in [5.41, 5.74) is 4.61. The van der Waals surface area contributed by atoms with Crippen molar-refractivity contribution < 1.29 is 14.9 Å². The second-order valence-electron chi connectivity index (χ2n) is 5.75. The number of aliphatic hydroxyl groups excluding tert-OH is 2. The zero-order chi connectivity index (χ0) is 13.8. The molecule has 1 spiro atoms. The third-order valence-electron chi connectivity index (χ3n) is 4.68. The number of hydrogen-bond donors (Lipinski definition) is 2. The Hall–Kier alpha value is -1.32. The molecule has 0 radical (unpaired) electrons. The fourth-order valence-electron chi connectivity index (χ4n) is 3.13. The number of rotatable bonds is 1. The van der Waals surface area contributed by atoms with Gasteiger partial charge in [0.15, 0.2) is 5.60 Å². The molecular weight excluding hydrogens is 240 g/mol. The summed E-state index contributed by atoms with van der Waals surface area (Å²) in [5, 5.41) is 19.7. The average Bonchev–Trinajstić information content (AvgIpc) is 2.41. The molecule has 0 bridgehead atoms. The number of ether oxygens (including phenoxy) is 1. The fourth-order valence-corrected chi connectivity index (χ4v) is 3.13. The molecule has 1 aliphatic heterocycles. The summed E-state index contributed by atoms with van der Waals surface area (Å²) < 4.78 is 6.19. The summed E-state index contributed by atoms with van der Waals surface area (Å²) in [5.74, 6) is 0.869. The monoisotopic (exact) mass is 260 g/mol. The van der Waals surface area contributed by atoms with Gasteiger partial charge in [0, 0.05) is 11.1 Å². The van der Waals surface area contributed by atoms with Crippen LogP contribution in [0.25, 0.3) is 6.08 Å². The third kappa shape index (κ3) is 1.58. The molecule has 1 aromatic carbocycles. The minimum absolute atomic E-state index is 0.0666. The van der Waals surface area contributed by atoms with Crippen LogP contribution in [0.1, 0.15) is 35.1 Å². The molecule has 102 valence electrons. The highest BCUT2D eigenvalue weighted by atomic mass is 16.5. The number of aryl methyl sites for hydroxylation is 2. The number of fused-ring (bicyclic) bond motifs is 1. The molecule has 1 heterocycles. The van der Waals surface area contributed by atoms with E-state index in [1.165, 1.54) is 5.56 Å². The summed E-state index contributed by atoms with van der Waals surface area (Å²) in [4.78, 5) is 0. The first-order valence-corrected chi connectivity index (χ1v) is 6.79. The molecule has 1 aromatic rings. The molecule has 2 atom stereocenters. The normalized spacial score (nSPS) is 28.5. The molecule has 19 heavy (non-hydrogen) atoms. The first-order valence-electron chi connectivity index (χ1n) is 6.79. The number of hydrogen-bond acceptors (Lipinski definition) is 3. The van der Waals surface area contributed by atoms with Gasteiger partial charge in [-0.1, -0.05) is 6.07 Å². The smallest absolute Gasteiger partial charge is 0.158 e. The first-order chi connectivity index (χ1) is 8.99. The highest BCUT2D eigenvalue weighted by molar-refractivity contribution is 5.71. The Bertz CT molecular complexity index is 574. The molecule has 2 N–H and O–H groups in total. The van der Waals surface area contributed by atoms with Gasteiger partial charge in [0.05, 0.1) is 12.7 Å². The van der Waals surface area contributed by atoms with E-state index < -0.39 is 11.7 Å². The van der Waals surface area contributed by atoms with E-state index in [2.05, 4.69) is 19.9 Å². The van der Waals surface area contributed by atoms with Crippen molar-refractivity contribution in [1.29, 1.82) is 0 Å². The Labute approximate surface area is 113 Å². The lowest BCUT2D eigenvalue weighted by Crippen LogP contribution is -2.59. The predicted octanol–water partition coefficient (Wildman–Crippen LogP) is 2.27. The first kappa shape index (κ1) is 12.7. The van der Waals surface area contributed by atoms with Crippen LogP contribution in [0.2, 0.25) is 0 Å². The molecule has 3 rings (SSSR count). The second kappa shape index (κ2) is 4.09. The van der Waals surface area contributed by atoms with E-state index >= 15 is 0 Å². The topological polar surface area (TPSA) is 49.7 Å². The third-order valence-corrected chi connectivity index (χ3v) is 4.68. The van der Waals surface area contributed by atoms with Gasteiger partial charge in [-0.05, 0) is 56.4 Å². The molecule has 3 heteroatoms. The van der Waals surface area contributed by atoms with Gasteiger partial charge >= 0.3 is 0 Å². The summed E-state index contributed by atoms with van der Waals surface area (Å²) in [7, 11) is 0. The lowest BCUT2D eigenvalue weighted by Gasteiger charge is -2.50. The van der Waals surface area contributed by atoms with Crippen molar-refractivity contribution in [2.75, 3.05) is 6.61 Å². The van der Waals surface area contributed by atoms with Gasteiger partial charge in [0.1, 0.15) is 5.75 Å². The van der Waals surface area contributed by atoms with Crippen molar-refractivity contribution in [3.8, 4) is 5.75 Å². The minimum atomic E-state index is -0.688. The van der Waals surface area contributed by atoms with Crippen molar-refractivity contribution in [1.82, 2.24) is 0 Å². The van der Waals surface area contributed by atoms with Crippen LogP contribution >= 0.6 is 0 Å². The van der Waals surface area contributed by atoms with Crippen LogP contribution in [-0.4, -0.2) is 28.5 Å². The minimum Gasteiger partial charge on any atom is -0.479 e. The Balaban J connectivity index is 2.20. The second-order valence-corrected chi connectivity index (χ2v) is 5.75. The highest BCUT2D eigenvalue weighted by Crippen LogP contribution is 2.49. The molecule has 0 aromatic heterocycles. The molecule has 0 saturated heterocycles. The van der Waals surface area contributed by atoms with Crippen LogP contribution in [0, 0.1) is 20.8 Å². The molecular formula is C16H20O3. The molecule has 1 fully saturated rings. The van der Waals surface area contributed by atoms with Gasteiger partial charge in [-0.3, -0.25) is 0 Å². The van der Waals surface area contributed by atoms with Crippen LogP contribution in [0.4, 0.5) is 0 Å². The SMILES string of the molecule is Cc1cc(C)c2c(c1C)OC1(CCC1O)C(CO)=C2. The van der Waals surface area contributed by atoms with Crippen LogP contribution in [0.5, 0.6) is 5.75 Å². The lowest BCUT2D eigenvalue weighted by molar-refractivity contribution is -0.106. The maximum atomic E-state index is 10.1. The van der Waals surface area contributed by atoms with Crippen LogP contribution in [-0.2, 0) is 0 Å². The Kier molecular flexibility index (Phi) is 2.73. The molecule has 2 aliphatic rings. The Morgan fingerprint density at radius 2 is 2.05 bits per heavy atom. The zero-order valence-electron chi connectivity index (χ0n) is 11.7. The average molecular weight is 260 g/mol. The maximum Gasteiger partial charge on any atom is 0.158 e. The summed E-state index contributed by atoms with van der Waals surface area (Å²) >= 11 is 0. The zero-order valence-corrected chi connectivity index (χ0v) is 11.7. The van der Waals surface area contributed by atoms with Gasteiger partial charge in [-0.2, -0.15) is 0 Å². The summed E-state index contributed by atoms with van der Waals surface area (Å²) in [6.45, 7) is 6.10. The van der Waals surface area contributed by atoms with Crippen LogP contribution in [0.3, 0.4) is 0 Å². The quantitative estimate of drug-likeness (QED) is 0.814. The largest absolute Gasteiger partial charge is 0.479 e. The van der Waals surface area contributed by atoms with Gasteiger partial charge in [-0.25, -0.2) is 0 Å². The fraction of sp³-hybridized carbons (Fsp3) is 0.500. The van der Waals surface area contributed by atoms with Gasteiger partial charge < -0.3 is 14.9 Å². The molecule has 1 saturated carbocycles. The van der Waals surface area contributed by atoms with E-state index in [1.807, 2.05) is 13.0 Å². The summed E-state index contributed by atoms with van der Waals surface area (Å²) in [6, 6.07) is 2.14. The van der Waals surface area contributed by atoms with E-state index in [9.17, 15) is 10.2 Å². The van der Waals surface area contributed by atoms with E-state index in [1.54, 1.807) is 0 Å². The van der Waals surface area contributed by atoms with Crippen LogP contribution < -0.4 is 4.74 Å². The molecule has 2 unspecified atom stereocenters. The Morgan fingerprint density at radius 1 is 1.32 bits per heavy atom. The van der Waals surface area contributed by atoms with E-state index in [0.717, 1.165) is 40.9 Å². The predicted molar refractivity (Wildman–Crippen MR) is 74.3 cm³/mol. The highest BCUT2D eigenvalue weighted by Gasteiger charge is 2.53. The number of aliphatic hydroxyl groups is 2. The van der Waals surface area contributed by atoms with E-state index in [4.69, 9.17) is 4.74 Å². The Morgan fingerprint density at radius 3 is 2.58 bits per heavy atom. The van der Waals surface area contributed by atoms with Gasteiger partial charge in [0.25, 0.3) is 0 Å². The van der Waals surface area contributed by atoms with Gasteiger partial charge in [-0.15, -0.1) is 0 Å². The molecule has 0 amide bonds.